The van der Waals surface area contributed by atoms with E-state index in [2.05, 4.69) is 0 Å². The summed E-state index contributed by atoms with van der Waals surface area (Å²) in [7, 11) is 3.56. The van der Waals surface area contributed by atoms with Gasteiger partial charge in [-0.3, -0.25) is 0 Å². The molecule has 3 nitrogen and oxygen atoms in total. The molecule has 0 aliphatic heterocycles. The standard InChI is InChI=1S/C12H10F3NO2/c1-16(2)8-4-3-7-5-9(12(13,14)15)11(17)18-10(7)6-8/h3-6H,1-2H3. The van der Waals surface area contributed by atoms with Crippen LogP contribution in [0.3, 0.4) is 0 Å². The SMILES string of the molecule is CN(C)c1ccc2cc(C(F)(F)F)c(=O)oc2c1. The third-order valence-electron chi connectivity index (χ3n) is 2.54. The van der Waals surface area contributed by atoms with Crippen LogP contribution in [0.15, 0.2) is 33.5 Å². The Bertz CT molecular complexity index is 644. The summed E-state index contributed by atoms with van der Waals surface area (Å²) in [5.74, 6) is 0. The van der Waals surface area contributed by atoms with Crippen LogP contribution in [0, 0.1) is 0 Å². The van der Waals surface area contributed by atoms with Crippen LogP contribution in [0.4, 0.5) is 18.9 Å². The highest BCUT2D eigenvalue weighted by Gasteiger charge is 2.35. The van der Waals surface area contributed by atoms with Gasteiger partial charge in [0, 0.05) is 31.2 Å². The lowest BCUT2D eigenvalue weighted by atomic mass is 10.1. The van der Waals surface area contributed by atoms with Crippen LogP contribution in [-0.2, 0) is 6.18 Å². The summed E-state index contributed by atoms with van der Waals surface area (Å²) in [4.78, 5) is 13.0. The Kier molecular flexibility index (Phi) is 2.80. The summed E-state index contributed by atoms with van der Waals surface area (Å²) in [5.41, 5.74) is -1.77. The number of alkyl halides is 3. The number of anilines is 1. The fourth-order valence-corrected chi connectivity index (χ4v) is 1.58. The number of rotatable bonds is 1. The molecule has 1 aromatic carbocycles. The third-order valence-corrected chi connectivity index (χ3v) is 2.54. The highest BCUT2D eigenvalue weighted by Crippen LogP contribution is 2.29. The highest BCUT2D eigenvalue weighted by molar-refractivity contribution is 5.81. The molecule has 2 aromatic rings. The lowest BCUT2D eigenvalue weighted by Gasteiger charge is -2.12. The molecule has 0 saturated heterocycles. The smallest absolute Gasteiger partial charge is 0.422 e. The van der Waals surface area contributed by atoms with Crippen molar-refractivity contribution >= 4 is 16.7 Å². The van der Waals surface area contributed by atoms with Crippen molar-refractivity contribution in [3.8, 4) is 0 Å². The first-order valence-electron chi connectivity index (χ1n) is 5.11. The lowest BCUT2D eigenvalue weighted by molar-refractivity contribution is -0.139. The zero-order chi connectivity index (χ0) is 13.5. The summed E-state index contributed by atoms with van der Waals surface area (Å²) >= 11 is 0. The molecule has 1 heterocycles. The molecule has 0 amide bonds. The number of halogens is 3. The van der Waals surface area contributed by atoms with Crippen LogP contribution in [0.5, 0.6) is 0 Å². The fourth-order valence-electron chi connectivity index (χ4n) is 1.58. The minimum absolute atomic E-state index is 0.138. The molecule has 96 valence electrons. The molecule has 18 heavy (non-hydrogen) atoms. The van der Waals surface area contributed by atoms with Gasteiger partial charge in [-0.15, -0.1) is 0 Å². The van der Waals surface area contributed by atoms with Gasteiger partial charge in [-0.2, -0.15) is 13.2 Å². The molecule has 0 bridgehead atoms. The predicted molar refractivity (Wildman–Crippen MR) is 61.8 cm³/mol. The minimum atomic E-state index is -4.70. The Morgan fingerprint density at radius 2 is 1.83 bits per heavy atom. The molecule has 2 rings (SSSR count). The van der Waals surface area contributed by atoms with Crippen molar-refractivity contribution < 1.29 is 17.6 Å². The number of benzene rings is 1. The zero-order valence-electron chi connectivity index (χ0n) is 9.71. The lowest BCUT2D eigenvalue weighted by Crippen LogP contribution is -2.18. The van der Waals surface area contributed by atoms with Crippen LogP contribution in [0.1, 0.15) is 5.56 Å². The van der Waals surface area contributed by atoms with E-state index in [4.69, 9.17) is 4.42 Å². The van der Waals surface area contributed by atoms with E-state index in [0.29, 0.717) is 0 Å². The van der Waals surface area contributed by atoms with E-state index < -0.39 is 17.4 Å². The van der Waals surface area contributed by atoms with Gasteiger partial charge in [0.1, 0.15) is 11.1 Å². The van der Waals surface area contributed by atoms with E-state index in [-0.39, 0.29) is 11.0 Å². The second-order valence-electron chi connectivity index (χ2n) is 4.06. The van der Waals surface area contributed by atoms with Crippen LogP contribution >= 0.6 is 0 Å². The second kappa shape index (κ2) is 4.04. The molecule has 0 spiro atoms. The summed E-state index contributed by atoms with van der Waals surface area (Å²) in [6.07, 6.45) is -4.70. The van der Waals surface area contributed by atoms with Gasteiger partial charge in [-0.05, 0) is 18.2 Å². The van der Waals surface area contributed by atoms with E-state index in [9.17, 15) is 18.0 Å². The van der Waals surface area contributed by atoms with E-state index in [0.717, 1.165) is 11.8 Å². The van der Waals surface area contributed by atoms with Crippen molar-refractivity contribution in [3.63, 3.8) is 0 Å². The van der Waals surface area contributed by atoms with Crippen molar-refractivity contribution in [2.45, 2.75) is 6.18 Å². The molecule has 1 aromatic heterocycles. The Morgan fingerprint density at radius 1 is 1.17 bits per heavy atom. The van der Waals surface area contributed by atoms with Gasteiger partial charge in [-0.1, -0.05) is 0 Å². The summed E-state index contributed by atoms with van der Waals surface area (Å²) in [6, 6.07) is 5.48. The summed E-state index contributed by atoms with van der Waals surface area (Å²) in [5, 5.41) is 0.243. The Morgan fingerprint density at radius 3 is 2.39 bits per heavy atom. The second-order valence-corrected chi connectivity index (χ2v) is 4.06. The average Bonchev–Trinajstić information content (AvgIpc) is 2.25. The monoisotopic (exact) mass is 257 g/mol. The van der Waals surface area contributed by atoms with Gasteiger partial charge in [-0.25, -0.2) is 4.79 Å². The minimum Gasteiger partial charge on any atom is -0.422 e. The Balaban J connectivity index is 2.68. The molecule has 0 aliphatic carbocycles. The van der Waals surface area contributed by atoms with Gasteiger partial charge < -0.3 is 9.32 Å². The molecule has 0 aliphatic rings. The van der Waals surface area contributed by atoms with Crippen molar-refractivity contribution in [1.29, 1.82) is 0 Å². The van der Waals surface area contributed by atoms with Crippen molar-refractivity contribution in [2.75, 3.05) is 19.0 Å². The maximum absolute atomic E-state index is 12.5. The third kappa shape index (κ3) is 2.18. The number of hydrogen-bond donors (Lipinski definition) is 0. The van der Waals surface area contributed by atoms with Gasteiger partial charge in [0.05, 0.1) is 0 Å². The normalized spacial score (nSPS) is 11.8. The summed E-state index contributed by atoms with van der Waals surface area (Å²) < 4.78 is 42.3. The quantitative estimate of drug-likeness (QED) is 0.736. The van der Waals surface area contributed by atoms with Gasteiger partial charge in [0.15, 0.2) is 0 Å². The van der Waals surface area contributed by atoms with Crippen LogP contribution in [0.25, 0.3) is 11.0 Å². The maximum atomic E-state index is 12.5. The van der Waals surface area contributed by atoms with Crippen molar-refractivity contribution in [3.05, 3.63) is 40.2 Å². The topological polar surface area (TPSA) is 33.5 Å². The van der Waals surface area contributed by atoms with Gasteiger partial charge >= 0.3 is 11.8 Å². The van der Waals surface area contributed by atoms with E-state index >= 15 is 0 Å². The fraction of sp³-hybridized carbons (Fsp3) is 0.250. The largest absolute Gasteiger partial charge is 0.423 e. The van der Waals surface area contributed by atoms with Crippen LogP contribution < -0.4 is 10.5 Å². The molecule has 6 heteroatoms. The first-order chi connectivity index (χ1) is 8.29. The molecular formula is C12H10F3NO2. The average molecular weight is 257 g/mol. The first-order valence-corrected chi connectivity index (χ1v) is 5.11. The first kappa shape index (κ1) is 12.5. The molecular weight excluding hydrogens is 247 g/mol. The maximum Gasteiger partial charge on any atom is 0.423 e. The van der Waals surface area contributed by atoms with Gasteiger partial charge in [0.2, 0.25) is 0 Å². The Labute approximate surface area is 100 Å². The number of fused-ring (bicyclic) bond motifs is 1. The number of hydrogen-bond acceptors (Lipinski definition) is 3. The highest BCUT2D eigenvalue weighted by atomic mass is 19.4. The number of nitrogens with zero attached hydrogens (tertiary/aromatic N) is 1. The van der Waals surface area contributed by atoms with Crippen LogP contribution in [0.2, 0.25) is 0 Å². The molecule has 0 fully saturated rings. The van der Waals surface area contributed by atoms with Crippen LogP contribution in [-0.4, -0.2) is 14.1 Å². The van der Waals surface area contributed by atoms with Crippen molar-refractivity contribution in [2.24, 2.45) is 0 Å². The van der Waals surface area contributed by atoms with E-state index in [1.54, 1.807) is 25.1 Å². The predicted octanol–water partition coefficient (Wildman–Crippen LogP) is 2.88. The summed E-state index contributed by atoms with van der Waals surface area (Å²) in [6.45, 7) is 0. The molecule has 0 saturated carbocycles. The molecule has 0 unspecified atom stereocenters. The zero-order valence-corrected chi connectivity index (χ0v) is 9.71. The molecule has 0 N–H and O–H groups in total. The van der Waals surface area contributed by atoms with E-state index in [1.807, 2.05) is 0 Å². The van der Waals surface area contributed by atoms with Gasteiger partial charge in [0.25, 0.3) is 0 Å². The Hall–Kier alpha value is -1.98. The van der Waals surface area contributed by atoms with Crippen molar-refractivity contribution in [1.82, 2.24) is 0 Å². The molecule has 0 atom stereocenters. The molecule has 0 radical (unpaired) electrons. The van der Waals surface area contributed by atoms with E-state index in [1.165, 1.54) is 12.1 Å².